The van der Waals surface area contributed by atoms with Crippen molar-refractivity contribution < 1.29 is 4.74 Å². The molecule has 0 unspecified atom stereocenters. The van der Waals surface area contributed by atoms with Gasteiger partial charge in [-0.05, 0) is 18.2 Å². The molecule has 0 aliphatic heterocycles. The number of nitrogens with two attached hydrogens (primary N) is 1. The van der Waals surface area contributed by atoms with E-state index in [0.717, 1.165) is 0 Å². The average Bonchev–Trinajstić information content (AvgIpc) is 2.34. The van der Waals surface area contributed by atoms with Crippen LogP contribution in [0.4, 0.5) is 5.69 Å². The van der Waals surface area contributed by atoms with Crippen molar-refractivity contribution in [2.24, 2.45) is 0 Å². The fraction of sp³-hybridized carbons (Fsp3) is 0.167. The number of nitrogen functional groups attached to an aromatic ring is 1. The summed E-state index contributed by atoms with van der Waals surface area (Å²) in [6.45, 7) is 0.820. The molecule has 0 spiro atoms. The van der Waals surface area contributed by atoms with Gasteiger partial charge in [-0.15, -0.1) is 0 Å². The second-order valence-corrected chi connectivity index (χ2v) is 3.48. The van der Waals surface area contributed by atoms with Crippen molar-refractivity contribution in [1.29, 1.82) is 0 Å². The third-order valence-corrected chi connectivity index (χ3v) is 2.29. The number of ether oxygens (including phenoxy) is 1. The van der Waals surface area contributed by atoms with E-state index in [9.17, 15) is 4.79 Å². The van der Waals surface area contributed by atoms with E-state index in [1.807, 2.05) is 12.1 Å². The molecule has 1 heterocycles. The molecule has 0 saturated heterocycles. The predicted molar refractivity (Wildman–Crippen MR) is 64.8 cm³/mol. The molecule has 0 radical (unpaired) electrons. The van der Waals surface area contributed by atoms with Crippen LogP contribution in [0.25, 0.3) is 0 Å². The van der Waals surface area contributed by atoms with Gasteiger partial charge in [0, 0.05) is 12.4 Å². The first-order valence-electron chi connectivity index (χ1n) is 5.26. The lowest BCUT2D eigenvalue weighted by atomic mass is 10.3. The molecular weight excluding hydrogens is 218 g/mol. The Hall–Kier alpha value is -2.30. The van der Waals surface area contributed by atoms with Crippen molar-refractivity contribution in [1.82, 2.24) is 9.55 Å². The normalized spacial score (nSPS) is 10.1. The number of hydrogen-bond donors (Lipinski definition) is 1. The highest BCUT2D eigenvalue weighted by Crippen LogP contribution is 2.19. The van der Waals surface area contributed by atoms with E-state index < -0.39 is 0 Å². The van der Waals surface area contributed by atoms with E-state index in [0.29, 0.717) is 24.6 Å². The molecule has 5 nitrogen and oxygen atoms in total. The van der Waals surface area contributed by atoms with Crippen molar-refractivity contribution in [2.75, 3.05) is 12.3 Å². The van der Waals surface area contributed by atoms with Gasteiger partial charge < -0.3 is 10.5 Å². The summed E-state index contributed by atoms with van der Waals surface area (Å²) in [6, 6.07) is 8.96. The summed E-state index contributed by atoms with van der Waals surface area (Å²) < 4.78 is 6.97. The third-order valence-electron chi connectivity index (χ3n) is 2.29. The van der Waals surface area contributed by atoms with Crippen LogP contribution in [0.1, 0.15) is 0 Å². The Kier molecular flexibility index (Phi) is 3.40. The lowest BCUT2D eigenvalue weighted by molar-refractivity contribution is 0.297. The van der Waals surface area contributed by atoms with Crippen LogP contribution in [-0.2, 0) is 6.54 Å². The Bertz CT molecular complexity index is 551. The summed E-state index contributed by atoms with van der Waals surface area (Å²) in [5.41, 5.74) is 6.03. The van der Waals surface area contributed by atoms with Crippen LogP contribution in [0.5, 0.6) is 5.75 Å². The van der Waals surface area contributed by atoms with Gasteiger partial charge in [0.1, 0.15) is 12.4 Å². The largest absolute Gasteiger partial charge is 0.490 e. The van der Waals surface area contributed by atoms with E-state index >= 15 is 0 Å². The molecule has 0 aliphatic carbocycles. The van der Waals surface area contributed by atoms with E-state index in [2.05, 4.69) is 4.98 Å². The molecule has 0 saturated carbocycles. The Morgan fingerprint density at radius 2 is 2.12 bits per heavy atom. The summed E-state index contributed by atoms with van der Waals surface area (Å²) in [5.74, 6) is 0.629. The van der Waals surface area contributed by atoms with Gasteiger partial charge in [0.2, 0.25) is 0 Å². The van der Waals surface area contributed by atoms with Gasteiger partial charge >= 0.3 is 5.69 Å². The van der Waals surface area contributed by atoms with Gasteiger partial charge in [-0.3, -0.25) is 4.57 Å². The van der Waals surface area contributed by atoms with Crippen LogP contribution in [-0.4, -0.2) is 16.2 Å². The van der Waals surface area contributed by atoms with Crippen LogP contribution in [0.3, 0.4) is 0 Å². The third kappa shape index (κ3) is 2.84. The van der Waals surface area contributed by atoms with Crippen LogP contribution in [0, 0.1) is 0 Å². The molecule has 1 aromatic carbocycles. The van der Waals surface area contributed by atoms with E-state index in [-0.39, 0.29) is 5.69 Å². The lowest BCUT2D eigenvalue weighted by Crippen LogP contribution is -2.24. The standard InChI is InChI=1S/C12H13N3O2/c13-10-4-1-2-5-11(10)17-9-8-15-7-3-6-14-12(15)16/h1-7H,8-9,13H2. The summed E-state index contributed by atoms with van der Waals surface area (Å²) in [7, 11) is 0. The maximum atomic E-state index is 11.3. The SMILES string of the molecule is Nc1ccccc1OCCn1cccnc1=O. The minimum Gasteiger partial charge on any atom is -0.490 e. The fourth-order valence-corrected chi connectivity index (χ4v) is 1.42. The van der Waals surface area contributed by atoms with Crippen molar-refractivity contribution in [3.63, 3.8) is 0 Å². The first-order chi connectivity index (χ1) is 8.27. The van der Waals surface area contributed by atoms with Gasteiger partial charge in [-0.25, -0.2) is 9.78 Å². The van der Waals surface area contributed by atoms with Gasteiger partial charge in [-0.2, -0.15) is 0 Å². The number of benzene rings is 1. The quantitative estimate of drug-likeness (QED) is 0.794. The number of rotatable bonds is 4. The zero-order valence-corrected chi connectivity index (χ0v) is 9.24. The maximum Gasteiger partial charge on any atom is 0.347 e. The van der Waals surface area contributed by atoms with E-state index in [4.69, 9.17) is 10.5 Å². The van der Waals surface area contributed by atoms with Gasteiger partial charge in [0.25, 0.3) is 0 Å². The molecule has 2 aromatic rings. The topological polar surface area (TPSA) is 70.1 Å². The molecule has 2 rings (SSSR count). The molecule has 2 N–H and O–H groups in total. The van der Waals surface area contributed by atoms with Crippen molar-refractivity contribution in [3.8, 4) is 5.75 Å². The summed E-state index contributed by atoms with van der Waals surface area (Å²) >= 11 is 0. The highest BCUT2D eigenvalue weighted by Gasteiger charge is 1.99. The average molecular weight is 231 g/mol. The number of anilines is 1. The second-order valence-electron chi connectivity index (χ2n) is 3.48. The molecular formula is C12H13N3O2. The fourth-order valence-electron chi connectivity index (χ4n) is 1.42. The Morgan fingerprint density at radius 1 is 1.29 bits per heavy atom. The Morgan fingerprint density at radius 3 is 2.88 bits per heavy atom. The number of para-hydroxylation sites is 2. The minimum atomic E-state index is -0.280. The molecule has 88 valence electrons. The summed E-state index contributed by atoms with van der Waals surface area (Å²) in [5, 5.41) is 0. The molecule has 0 fully saturated rings. The molecule has 17 heavy (non-hydrogen) atoms. The van der Waals surface area contributed by atoms with E-state index in [1.165, 1.54) is 10.8 Å². The van der Waals surface area contributed by atoms with Crippen LogP contribution in [0.15, 0.2) is 47.5 Å². The predicted octanol–water partition coefficient (Wildman–Crippen LogP) is 0.904. The molecule has 0 bridgehead atoms. The second kappa shape index (κ2) is 5.16. The van der Waals surface area contributed by atoms with Gasteiger partial charge in [0.15, 0.2) is 0 Å². The molecule has 0 atom stereocenters. The number of hydrogen-bond acceptors (Lipinski definition) is 4. The zero-order valence-electron chi connectivity index (χ0n) is 9.24. The molecule has 1 aromatic heterocycles. The first-order valence-corrected chi connectivity index (χ1v) is 5.26. The van der Waals surface area contributed by atoms with Crippen molar-refractivity contribution in [3.05, 3.63) is 53.2 Å². The monoisotopic (exact) mass is 231 g/mol. The van der Waals surface area contributed by atoms with E-state index in [1.54, 1.807) is 24.4 Å². The highest BCUT2D eigenvalue weighted by molar-refractivity contribution is 5.51. The van der Waals surface area contributed by atoms with Crippen molar-refractivity contribution in [2.45, 2.75) is 6.54 Å². The van der Waals surface area contributed by atoms with Gasteiger partial charge in [-0.1, -0.05) is 12.1 Å². The first kappa shape index (κ1) is 11.2. The lowest BCUT2D eigenvalue weighted by Gasteiger charge is -2.09. The Balaban J connectivity index is 1.95. The molecule has 0 aliphatic rings. The number of nitrogens with zero attached hydrogens (tertiary/aromatic N) is 2. The van der Waals surface area contributed by atoms with Gasteiger partial charge in [0.05, 0.1) is 12.2 Å². The van der Waals surface area contributed by atoms with Crippen molar-refractivity contribution >= 4 is 5.69 Å². The van der Waals surface area contributed by atoms with Crippen LogP contribution in [0.2, 0.25) is 0 Å². The molecule has 0 amide bonds. The summed E-state index contributed by atoms with van der Waals surface area (Å²) in [6.07, 6.45) is 3.14. The minimum absolute atomic E-state index is 0.280. The zero-order chi connectivity index (χ0) is 12.1. The van der Waals surface area contributed by atoms with Crippen LogP contribution < -0.4 is 16.2 Å². The maximum absolute atomic E-state index is 11.3. The number of aromatic nitrogens is 2. The smallest absolute Gasteiger partial charge is 0.347 e. The highest BCUT2D eigenvalue weighted by atomic mass is 16.5. The Labute approximate surface area is 98.5 Å². The summed E-state index contributed by atoms with van der Waals surface area (Å²) in [4.78, 5) is 14.9. The molecule has 5 heteroatoms. The van der Waals surface area contributed by atoms with Crippen LogP contribution >= 0.6 is 0 Å².